The third kappa shape index (κ3) is 5.14. The zero-order valence-corrected chi connectivity index (χ0v) is 20.8. The molecule has 0 bridgehead atoms. The van der Waals surface area contributed by atoms with Gasteiger partial charge < -0.3 is 14.6 Å². The summed E-state index contributed by atoms with van der Waals surface area (Å²) < 4.78 is 51.7. The number of ether oxygens (including phenoxy) is 2. The van der Waals surface area contributed by atoms with Crippen LogP contribution in [0.5, 0.6) is 17.5 Å². The molecular formula is C25H22ClF3N4O5. The molecule has 0 radical (unpaired) electrons. The number of nitrogens with zero attached hydrogens (tertiary/aromatic N) is 4. The lowest BCUT2D eigenvalue weighted by Gasteiger charge is -2.15. The van der Waals surface area contributed by atoms with E-state index in [1.54, 1.807) is 24.3 Å². The van der Waals surface area contributed by atoms with Crippen LogP contribution in [-0.4, -0.2) is 36.8 Å². The maximum absolute atomic E-state index is 13.7. The second-order valence-corrected chi connectivity index (χ2v) is 9.73. The van der Waals surface area contributed by atoms with E-state index in [0.29, 0.717) is 17.9 Å². The van der Waals surface area contributed by atoms with Gasteiger partial charge in [-0.2, -0.15) is 4.98 Å². The number of aliphatic hydroxyl groups excluding tert-OH is 1. The zero-order chi connectivity index (χ0) is 27.2. The molecule has 1 fully saturated rings. The van der Waals surface area contributed by atoms with E-state index < -0.39 is 28.8 Å². The minimum atomic E-state index is -4.89. The number of rotatable bonds is 8. The van der Waals surface area contributed by atoms with E-state index in [-0.39, 0.29) is 42.6 Å². The number of imidazole rings is 1. The fraction of sp³-hybridized carbons (Fsp3) is 0.320. The lowest BCUT2D eigenvalue weighted by Crippen LogP contribution is -2.42. The molecule has 2 aromatic heterocycles. The van der Waals surface area contributed by atoms with Crippen molar-refractivity contribution in [1.82, 2.24) is 18.7 Å². The van der Waals surface area contributed by atoms with Crippen molar-refractivity contribution >= 4 is 22.8 Å². The minimum Gasteiger partial charge on any atom is -0.425 e. The van der Waals surface area contributed by atoms with Crippen molar-refractivity contribution in [2.75, 3.05) is 6.61 Å². The summed E-state index contributed by atoms with van der Waals surface area (Å²) >= 11 is 6.01. The Bertz CT molecular complexity index is 1620. The number of aliphatic hydroxyl groups is 1. The Labute approximate surface area is 218 Å². The van der Waals surface area contributed by atoms with Gasteiger partial charge in [0.25, 0.3) is 5.56 Å². The van der Waals surface area contributed by atoms with Crippen molar-refractivity contribution in [1.29, 1.82) is 0 Å². The highest BCUT2D eigenvalue weighted by Gasteiger charge is 2.43. The van der Waals surface area contributed by atoms with Crippen LogP contribution in [0.4, 0.5) is 13.2 Å². The molecule has 0 spiro atoms. The van der Waals surface area contributed by atoms with Gasteiger partial charge in [-0.3, -0.25) is 18.5 Å². The van der Waals surface area contributed by atoms with Crippen LogP contribution in [0.2, 0.25) is 5.02 Å². The molecule has 2 heterocycles. The molecule has 38 heavy (non-hydrogen) atoms. The summed E-state index contributed by atoms with van der Waals surface area (Å²) in [4.78, 5) is 31.1. The molecule has 1 aliphatic carbocycles. The van der Waals surface area contributed by atoms with E-state index in [0.717, 1.165) is 22.3 Å². The average Bonchev–Trinajstić information content (AvgIpc) is 3.56. The predicted octanol–water partition coefficient (Wildman–Crippen LogP) is 4.06. The third-order valence-corrected chi connectivity index (χ3v) is 6.74. The van der Waals surface area contributed by atoms with Crippen LogP contribution in [0.3, 0.4) is 0 Å². The summed E-state index contributed by atoms with van der Waals surface area (Å²) in [6.45, 7) is -0.0280. The molecule has 200 valence electrons. The maximum atomic E-state index is 13.7. The van der Waals surface area contributed by atoms with Gasteiger partial charge in [-0.1, -0.05) is 29.8 Å². The number of aryl methyl sites for hydroxylation is 1. The number of hydrogen-bond acceptors (Lipinski definition) is 6. The Kier molecular flexibility index (Phi) is 6.48. The molecule has 5 rings (SSSR count). The molecule has 0 saturated heterocycles. The molecule has 1 aliphatic rings. The average molecular weight is 551 g/mol. The van der Waals surface area contributed by atoms with Crippen LogP contribution in [0.15, 0.2) is 58.1 Å². The highest BCUT2D eigenvalue weighted by Crippen LogP contribution is 2.46. The van der Waals surface area contributed by atoms with Crippen molar-refractivity contribution in [3.63, 3.8) is 0 Å². The number of hydrogen-bond donors (Lipinski definition) is 1. The highest BCUT2D eigenvalue weighted by molar-refractivity contribution is 6.30. The summed E-state index contributed by atoms with van der Waals surface area (Å²) in [6.07, 6.45) is -3.52. The number of alkyl halides is 3. The lowest BCUT2D eigenvalue weighted by molar-refractivity contribution is -0.274. The van der Waals surface area contributed by atoms with Crippen molar-refractivity contribution in [2.24, 2.45) is 12.5 Å². The normalized spacial score (nSPS) is 14.6. The summed E-state index contributed by atoms with van der Waals surface area (Å²) in [5.74, 6) is -0.522. The van der Waals surface area contributed by atoms with E-state index in [9.17, 15) is 27.9 Å². The molecule has 0 aliphatic heterocycles. The monoisotopic (exact) mass is 550 g/mol. The number of aromatic nitrogens is 4. The van der Waals surface area contributed by atoms with Gasteiger partial charge in [0.05, 0.1) is 13.2 Å². The van der Waals surface area contributed by atoms with E-state index in [1.807, 2.05) is 0 Å². The van der Waals surface area contributed by atoms with Crippen molar-refractivity contribution in [3.05, 3.63) is 80.0 Å². The molecule has 0 unspecified atom stereocenters. The van der Waals surface area contributed by atoms with Gasteiger partial charge in [-0.15, -0.1) is 13.2 Å². The maximum Gasteiger partial charge on any atom is 0.573 e. The topological polar surface area (TPSA) is 101 Å². The Balaban J connectivity index is 1.65. The van der Waals surface area contributed by atoms with Crippen LogP contribution < -0.4 is 20.7 Å². The Morgan fingerprint density at radius 3 is 2.39 bits per heavy atom. The zero-order valence-electron chi connectivity index (χ0n) is 20.0. The number of benzene rings is 2. The third-order valence-electron chi connectivity index (χ3n) is 6.49. The smallest absolute Gasteiger partial charge is 0.425 e. The molecule has 0 atom stereocenters. The molecule has 9 nitrogen and oxygen atoms in total. The van der Waals surface area contributed by atoms with Gasteiger partial charge in [0.2, 0.25) is 0 Å². The standard InChI is InChI=1S/C25H22ClF3N4O5/c1-31-20-19(21(35)33(23(31)36)13-24(14-34)9-10-24)32(12-15-5-7-16(26)8-6-15)22(30-20)37-17-3-2-4-18(11-17)38-25(27,28)29/h2-8,11,34H,9-10,12-14H2,1H3. The lowest BCUT2D eigenvalue weighted by atomic mass is 10.1. The SMILES string of the molecule is Cn1c(=O)n(CC2(CO)CC2)c(=O)c2c1nc(Oc1cccc(OC(F)(F)F)c1)n2Cc1ccc(Cl)cc1. The molecule has 0 amide bonds. The predicted molar refractivity (Wildman–Crippen MR) is 132 cm³/mol. The van der Waals surface area contributed by atoms with Gasteiger partial charge in [0.15, 0.2) is 11.2 Å². The van der Waals surface area contributed by atoms with E-state index in [4.69, 9.17) is 16.3 Å². The Hall–Kier alpha value is -3.77. The van der Waals surface area contributed by atoms with Crippen LogP contribution in [0.25, 0.3) is 11.2 Å². The van der Waals surface area contributed by atoms with E-state index in [2.05, 4.69) is 9.72 Å². The molecule has 1 saturated carbocycles. The fourth-order valence-electron chi connectivity index (χ4n) is 4.21. The Morgan fingerprint density at radius 2 is 1.76 bits per heavy atom. The first-order valence-electron chi connectivity index (χ1n) is 11.6. The summed E-state index contributed by atoms with van der Waals surface area (Å²) in [5, 5.41) is 10.3. The number of halogens is 4. The Morgan fingerprint density at radius 1 is 1.08 bits per heavy atom. The second-order valence-electron chi connectivity index (χ2n) is 9.29. The molecule has 4 aromatic rings. The molecular weight excluding hydrogens is 529 g/mol. The van der Waals surface area contributed by atoms with Crippen LogP contribution in [0, 0.1) is 5.41 Å². The first kappa shape index (κ1) is 25.9. The summed E-state index contributed by atoms with van der Waals surface area (Å²) in [5.41, 5.74) is -0.922. The summed E-state index contributed by atoms with van der Waals surface area (Å²) in [6, 6.07) is 11.6. The first-order chi connectivity index (χ1) is 18.0. The van der Waals surface area contributed by atoms with E-state index >= 15 is 0 Å². The molecule has 13 heteroatoms. The second kappa shape index (κ2) is 9.52. The molecule has 1 N–H and O–H groups in total. The van der Waals surface area contributed by atoms with Gasteiger partial charge in [0.1, 0.15) is 11.5 Å². The van der Waals surface area contributed by atoms with Crippen molar-refractivity contribution in [3.8, 4) is 17.5 Å². The van der Waals surface area contributed by atoms with Gasteiger partial charge in [-0.25, -0.2) is 4.79 Å². The van der Waals surface area contributed by atoms with Gasteiger partial charge >= 0.3 is 18.1 Å². The van der Waals surface area contributed by atoms with Crippen molar-refractivity contribution < 1.29 is 27.8 Å². The van der Waals surface area contributed by atoms with Crippen LogP contribution in [-0.2, 0) is 20.1 Å². The largest absolute Gasteiger partial charge is 0.573 e. The minimum absolute atomic E-state index is 0.0260. The highest BCUT2D eigenvalue weighted by atomic mass is 35.5. The fourth-order valence-corrected chi connectivity index (χ4v) is 4.33. The van der Waals surface area contributed by atoms with Crippen LogP contribution >= 0.6 is 11.6 Å². The quantitative estimate of drug-likeness (QED) is 0.355. The van der Waals surface area contributed by atoms with Crippen molar-refractivity contribution in [2.45, 2.75) is 32.3 Å². The number of fused-ring (bicyclic) bond motifs is 1. The first-order valence-corrected chi connectivity index (χ1v) is 12.0. The van der Waals surface area contributed by atoms with Gasteiger partial charge in [-0.05, 0) is 42.7 Å². The summed E-state index contributed by atoms with van der Waals surface area (Å²) in [7, 11) is 1.46. The van der Waals surface area contributed by atoms with E-state index in [1.165, 1.54) is 28.3 Å². The molecule has 2 aromatic carbocycles. The van der Waals surface area contributed by atoms with Crippen LogP contribution in [0.1, 0.15) is 18.4 Å². The van der Waals surface area contributed by atoms with Gasteiger partial charge in [0, 0.05) is 30.1 Å².